The molecule has 1 aliphatic rings. The van der Waals surface area contributed by atoms with E-state index in [4.69, 9.17) is 23.2 Å². The Morgan fingerprint density at radius 1 is 1.26 bits per heavy atom. The van der Waals surface area contributed by atoms with Gasteiger partial charge in [-0.2, -0.15) is 0 Å². The van der Waals surface area contributed by atoms with Crippen molar-refractivity contribution in [2.45, 2.75) is 37.6 Å². The minimum absolute atomic E-state index is 0.122. The summed E-state index contributed by atoms with van der Waals surface area (Å²) in [5.41, 5.74) is 0.343. The molecular formula is C14H16BrCl2NO. The van der Waals surface area contributed by atoms with E-state index >= 15 is 0 Å². The summed E-state index contributed by atoms with van der Waals surface area (Å²) in [7, 11) is 0. The maximum Gasteiger partial charge on any atom is 0.253 e. The first-order chi connectivity index (χ1) is 9.06. The van der Waals surface area contributed by atoms with Gasteiger partial charge in [0.1, 0.15) is 0 Å². The van der Waals surface area contributed by atoms with Crippen molar-refractivity contribution in [2.24, 2.45) is 0 Å². The van der Waals surface area contributed by atoms with Crippen LogP contribution in [0.5, 0.6) is 0 Å². The molecule has 5 heteroatoms. The molecule has 1 fully saturated rings. The van der Waals surface area contributed by atoms with E-state index in [1.807, 2.05) is 0 Å². The van der Waals surface area contributed by atoms with Crippen molar-refractivity contribution in [1.29, 1.82) is 0 Å². The lowest BCUT2D eigenvalue weighted by atomic mass is 9.83. The molecule has 0 aromatic heterocycles. The summed E-state index contributed by atoms with van der Waals surface area (Å²) < 4.78 is 0. The van der Waals surface area contributed by atoms with Crippen molar-refractivity contribution in [1.82, 2.24) is 5.32 Å². The molecule has 0 aliphatic heterocycles. The highest BCUT2D eigenvalue weighted by Gasteiger charge is 2.33. The highest BCUT2D eigenvalue weighted by Crippen LogP contribution is 2.31. The van der Waals surface area contributed by atoms with Gasteiger partial charge in [0.15, 0.2) is 0 Å². The quantitative estimate of drug-likeness (QED) is 0.765. The number of carbonyl (C=O) groups is 1. The molecule has 104 valence electrons. The van der Waals surface area contributed by atoms with E-state index in [9.17, 15) is 4.79 Å². The fraction of sp³-hybridized carbons (Fsp3) is 0.500. The normalized spacial score (nSPS) is 18.1. The van der Waals surface area contributed by atoms with Gasteiger partial charge in [0.05, 0.1) is 16.1 Å². The maximum atomic E-state index is 12.3. The van der Waals surface area contributed by atoms with Crippen molar-refractivity contribution in [3.05, 3.63) is 33.8 Å². The van der Waals surface area contributed by atoms with Gasteiger partial charge in [-0.1, -0.05) is 58.4 Å². The fourth-order valence-corrected chi connectivity index (χ4v) is 3.70. The average molecular weight is 365 g/mol. The molecule has 1 amide bonds. The van der Waals surface area contributed by atoms with Crippen molar-refractivity contribution in [2.75, 3.05) is 5.33 Å². The minimum atomic E-state index is -0.141. The number of halogens is 3. The number of nitrogens with one attached hydrogen (secondary N) is 1. The van der Waals surface area contributed by atoms with Gasteiger partial charge in [-0.3, -0.25) is 4.79 Å². The smallest absolute Gasteiger partial charge is 0.253 e. The van der Waals surface area contributed by atoms with E-state index in [1.165, 1.54) is 6.42 Å². The molecule has 0 spiro atoms. The number of carbonyl (C=O) groups excluding carboxylic acids is 1. The van der Waals surface area contributed by atoms with E-state index in [0.717, 1.165) is 31.0 Å². The Kier molecular flexibility index (Phi) is 5.15. The number of hydrogen-bond donors (Lipinski definition) is 1. The summed E-state index contributed by atoms with van der Waals surface area (Å²) in [6.07, 6.45) is 5.57. The summed E-state index contributed by atoms with van der Waals surface area (Å²) in [6, 6.07) is 4.95. The van der Waals surface area contributed by atoms with Crippen LogP contribution in [0.3, 0.4) is 0 Å². The zero-order valence-electron chi connectivity index (χ0n) is 10.5. The zero-order valence-corrected chi connectivity index (χ0v) is 13.6. The van der Waals surface area contributed by atoms with E-state index in [2.05, 4.69) is 21.2 Å². The lowest BCUT2D eigenvalue weighted by Gasteiger charge is -2.36. The molecule has 1 aliphatic carbocycles. The lowest BCUT2D eigenvalue weighted by Crippen LogP contribution is -2.51. The Bertz CT molecular complexity index is 473. The van der Waals surface area contributed by atoms with Gasteiger partial charge in [0.2, 0.25) is 0 Å². The third kappa shape index (κ3) is 3.65. The van der Waals surface area contributed by atoms with Gasteiger partial charge in [0, 0.05) is 10.4 Å². The van der Waals surface area contributed by atoms with Gasteiger partial charge in [-0.15, -0.1) is 0 Å². The molecule has 1 aromatic carbocycles. The monoisotopic (exact) mass is 363 g/mol. The maximum absolute atomic E-state index is 12.3. The van der Waals surface area contributed by atoms with Crippen LogP contribution in [0.4, 0.5) is 0 Å². The van der Waals surface area contributed by atoms with Crippen LogP contribution in [0.25, 0.3) is 0 Å². The summed E-state index contributed by atoms with van der Waals surface area (Å²) in [5, 5.41) is 4.85. The predicted molar refractivity (Wildman–Crippen MR) is 83.5 cm³/mol. The molecule has 1 N–H and O–H groups in total. The van der Waals surface area contributed by atoms with E-state index < -0.39 is 0 Å². The van der Waals surface area contributed by atoms with E-state index in [-0.39, 0.29) is 11.4 Å². The second kappa shape index (κ2) is 6.47. The topological polar surface area (TPSA) is 29.1 Å². The molecule has 2 rings (SSSR count). The van der Waals surface area contributed by atoms with Crippen LogP contribution >= 0.6 is 39.1 Å². The SMILES string of the molecule is O=C(NC1(CBr)CCCCC1)c1ccc(Cl)cc1Cl. The largest absolute Gasteiger partial charge is 0.346 e. The van der Waals surface area contributed by atoms with Gasteiger partial charge in [0.25, 0.3) is 5.91 Å². The van der Waals surface area contributed by atoms with Gasteiger partial charge < -0.3 is 5.32 Å². The molecule has 1 aromatic rings. The highest BCUT2D eigenvalue weighted by molar-refractivity contribution is 9.09. The second-order valence-corrected chi connectivity index (χ2v) is 6.46. The molecule has 1 saturated carbocycles. The molecule has 0 unspecified atom stereocenters. The Morgan fingerprint density at radius 2 is 1.95 bits per heavy atom. The van der Waals surface area contributed by atoms with Crippen molar-refractivity contribution in [3.8, 4) is 0 Å². The van der Waals surface area contributed by atoms with Crippen LogP contribution in [-0.4, -0.2) is 16.8 Å². The van der Waals surface area contributed by atoms with Crippen LogP contribution in [0.2, 0.25) is 10.0 Å². The molecule has 0 bridgehead atoms. The van der Waals surface area contributed by atoms with Crippen LogP contribution < -0.4 is 5.32 Å². The molecule has 0 heterocycles. The first-order valence-corrected chi connectivity index (χ1v) is 8.28. The fourth-order valence-electron chi connectivity index (χ4n) is 2.50. The highest BCUT2D eigenvalue weighted by atomic mass is 79.9. The van der Waals surface area contributed by atoms with Crippen LogP contribution in [0, 0.1) is 0 Å². The van der Waals surface area contributed by atoms with Crippen LogP contribution in [0.15, 0.2) is 18.2 Å². The Morgan fingerprint density at radius 3 is 2.53 bits per heavy atom. The number of amides is 1. The van der Waals surface area contributed by atoms with Gasteiger partial charge >= 0.3 is 0 Å². The van der Waals surface area contributed by atoms with E-state index in [1.54, 1.807) is 18.2 Å². The van der Waals surface area contributed by atoms with Crippen LogP contribution in [-0.2, 0) is 0 Å². The van der Waals surface area contributed by atoms with Crippen molar-refractivity contribution in [3.63, 3.8) is 0 Å². The molecule has 0 radical (unpaired) electrons. The summed E-state index contributed by atoms with van der Waals surface area (Å²) >= 11 is 15.4. The Labute approximate surface area is 132 Å². The van der Waals surface area contributed by atoms with Crippen molar-refractivity contribution >= 4 is 45.0 Å². The minimum Gasteiger partial charge on any atom is -0.346 e. The molecular weight excluding hydrogens is 349 g/mol. The van der Waals surface area contributed by atoms with E-state index in [0.29, 0.717) is 15.6 Å². The summed E-state index contributed by atoms with van der Waals surface area (Å²) in [4.78, 5) is 12.3. The molecule has 19 heavy (non-hydrogen) atoms. The Balaban J connectivity index is 2.15. The average Bonchev–Trinajstić information content (AvgIpc) is 2.39. The lowest BCUT2D eigenvalue weighted by molar-refractivity contribution is 0.0886. The standard InChI is InChI=1S/C14H16BrCl2NO/c15-9-14(6-2-1-3-7-14)18-13(19)11-5-4-10(16)8-12(11)17/h4-5,8H,1-3,6-7,9H2,(H,18,19). The Hall–Kier alpha value is -0.250. The summed E-state index contributed by atoms with van der Waals surface area (Å²) in [5.74, 6) is -0.122. The molecule has 2 nitrogen and oxygen atoms in total. The number of hydrogen-bond acceptors (Lipinski definition) is 1. The van der Waals surface area contributed by atoms with Crippen LogP contribution in [0.1, 0.15) is 42.5 Å². The third-order valence-electron chi connectivity index (χ3n) is 3.62. The van der Waals surface area contributed by atoms with Crippen molar-refractivity contribution < 1.29 is 4.79 Å². The number of alkyl halides is 1. The zero-order chi connectivity index (χ0) is 13.9. The van der Waals surface area contributed by atoms with Gasteiger partial charge in [-0.25, -0.2) is 0 Å². The van der Waals surface area contributed by atoms with Gasteiger partial charge in [-0.05, 0) is 31.0 Å². The number of benzene rings is 1. The second-order valence-electron chi connectivity index (χ2n) is 5.05. The first kappa shape index (κ1) is 15.1. The summed E-state index contributed by atoms with van der Waals surface area (Å²) in [6.45, 7) is 0. The third-order valence-corrected chi connectivity index (χ3v) is 5.24. The molecule has 0 atom stereocenters. The first-order valence-electron chi connectivity index (χ1n) is 6.40. The predicted octanol–water partition coefficient (Wildman–Crippen LogP) is 4.82. The molecule has 0 saturated heterocycles. The number of rotatable bonds is 3.